The van der Waals surface area contributed by atoms with E-state index in [1.165, 1.54) is 12.8 Å². The Labute approximate surface area is 118 Å². The summed E-state index contributed by atoms with van der Waals surface area (Å²) in [6, 6.07) is 5.58. The summed E-state index contributed by atoms with van der Waals surface area (Å²) in [6.07, 6.45) is 7.61. The summed E-state index contributed by atoms with van der Waals surface area (Å²) in [4.78, 5) is 0. The van der Waals surface area contributed by atoms with Gasteiger partial charge in [0.25, 0.3) is 0 Å². The van der Waals surface area contributed by atoms with E-state index in [0.29, 0.717) is 4.47 Å². The molecular formula is C15H21BrFN. The Balaban J connectivity index is 2.49. The molecule has 0 aliphatic carbocycles. The fourth-order valence-electron chi connectivity index (χ4n) is 2.02. The molecule has 0 saturated carbocycles. The SMILES string of the molecule is C=CCCCCCC(NC)c1ccc(Br)c(F)c1. The average Bonchev–Trinajstić information content (AvgIpc) is 2.37. The molecule has 1 unspecified atom stereocenters. The Morgan fingerprint density at radius 2 is 2.17 bits per heavy atom. The maximum Gasteiger partial charge on any atom is 0.137 e. The second-order valence-electron chi connectivity index (χ2n) is 4.44. The molecule has 0 spiro atoms. The van der Waals surface area contributed by atoms with Crippen LogP contribution in [0, 0.1) is 5.82 Å². The highest BCUT2D eigenvalue weighted by atomic mass is 79.9. The van der Waals surface area contributed by atoms with Crippen molar-refractivity contribution in [3.05, 3.63) is 46.7 Å². The smallest absolute Gasteiger partial charge is 0.137 e. The zero-order valence-electron chi connectivity index (χ0n) is 10.9. The van der Waals surface area contributed by atoms with Crippen LogP contribution in [-0.4, -0.2) is 7.05 Å². The molecule has 0 aliphatic rings. The fourth-order valence-corrected chi connectivity index (χ4v) is 2.27. The molecule has 0 aromatic heterocycles. The van der Waals surface area contributed by atoms with Gasteiger partial charge in [-0.15, -0.1) is 6.58 Å². The Morgan fingerprint density at radius 1 is 1.39 bits per heavy atom. The highest BCUT2D eigenvalue weighted by molar-refractivity contribution is 9.10. The number of allylic oxidation sites excluding steroid dienone is 1. The lowest BCUT2D eigenvalue weighted by molar-refractivity contribution is 0.504. The van der Waals surface area contributed by atoms with Crippen molar-refractivity contribution >= 4 is 15.9 Å². The largest absolute Gasteiger partial charge is 0.313 e. The van der Waals surface area contributed by atoms with Crippen LogP contribution in [0.4, 0.5) is 4.39 Å². The van der Waals surface area contributed by atoms with E-state index < -0.39 is 0 Å². The predicted molar refractivity (Wildman–Crippen MR) is 79.2 cm³/mol. The maximum atomic E-state index is 13.5. The number of rotatable bonds is 8. The summed E-state index contributed by atoms with van der Waals surface area (Å²) in [6.45, 7) is 3.72. The fraction of sp³-hybridized carbons (Fsp3) is 0.467. The van der Waals surface area contributed by atoms with Crippen LogP contribution in [0.25, 0.3) is 0 Å². The van der Waals surface area contributed by atoms with Crippen LogP contribution in [0.15, 0.2) is 35.3 Å². The first-order valence-corrected chi connectivity index (χ1v) is 7.21. The number of hydrogen-bond acceptors (Lipinski definition) is 1. The van der Waals surface area contributed by atoms with E-state index in [1.807, 2.05) is 19.2 Å². The van der Waals surface area contributed by atoms with E-state index in [9.17, 15) is 4.39 Å². The minimum atomic E-state index is -0.195. The van der Waals surface area contributed by atoms with Crippen molar-refractivity contribution in [2.24, 2.45) is 0 Å². The van der Waals surface area contributed by atoms with E-state index in [-0.39, 0.29) is 11.9 Å². The van der Waals surface area contributed by atoms with Gasteiger partial charge >= 0.3 is 0 Å². The summed E-state index contributed by atoms with van der Waals surface area (Å²) in [5.74, 6) is -0.195. The van der Waals surface area contributed by atoms with E-state index in [1.54, 1.807) is 12.1 Å². The van der Waals surface area contributed by atoms with Crippen molar-refractivity contribution in [2.45, 2.75) is 38.1 Å². The summed E-state index contributed by atoms with van der Waals surface area (Å²) in [5.41, 5.74) is 1.02. The monoisotopic (exact) mass is 313 g/mol. The minimum absolute atomic E-state index is 0.195. The molecule has 0 amide bonds. The summed E-state index contributed by atoms with van der Waals surface area (Å²) >= 11 is 3.18. The van der Waals surface area contributed by atoms with Crippen molar-refractivity contribution in [2.75, 3.05) is 7.05 Å². The van der Waals surface area contributed by atoms with Gasteiger partial charge in [0.05, 0.1) is 4.47 Å². The molecule has 18 heavy (non-hydrogen) atoms. The van der Waals surface area contributed by atoms with Crippen LogP contribution in [0.5, 0.6) is 0 Å². The molecule has 0 bridgehead atoms. The minimum Gasteiger partial charge on any atom is -0.313 e. The van der Waals surface area contributed by atoms with E-state index in [0.717, 1.165) is 24.8 Å². The van der Waals surface area contributed by atoms with Crippen molar-refractivity contribution < 1.29 is 4.39 Å². The number of unbranched alkanes of at least 4 members (excludes halogenated alkanes) is 3. The Hall–Kier alpha value is -0.670. The molecule has 1 atom stereocenters. The molecule has 1 rings (SSSR count). The molecule has 1 aromatic carbocycles. The Bertz CT molecular complexity index is 379. The topological polar surface area (TPSA) is 12.0 Å². The first kappa shape index (κ1) is 15.4. The quantitative estimate of drug-likeness (QED) is 0.527. The predicted octanol–water partition coefficient (Wildman–Crippen LogP) is 4.99. The van der Waals surface area contributed by atoms with Crippen LogP contribution in [-0.2, 0) is 0 Å². The number of hydrogen-bond donors (Lipinski definition) is 1. The molecule has 100 valence electrons. The van der Waals surface area contributed by atoms with Gasteiger partial charge in [-0.05, 0) is 59.9 Å². The second kappa shape index (κ2) is 8.44. The number of benzene rings is 1. The average molecular weight is 314 g/mol. The van der Waals surface area contributed by atoms with Gasteiger partial charge in [-0.2, -0.15) is 0 Å². The van der Waals surface area contributed by atoms with Gasteiger partial charge in [-0.25, -0.2) is 4.39 Å². The highest BCUT2D eigenvalue weighted by Gasteiger charge is 2.10. The zero-order valence-corrected chi connectivity index (χ0v) is 12.5. The number of halogens is 2. The van der Waals surface area contributed by atoms with Gasteiger partial charge in [-0.1, -0.05) is 25.0 Å². The molecule has 0 aliphatic heterocycles. The molecule has 0 fully saturated rings. The zero-order chi connectivity index (χ0) is 13.4. The van der Waals surface area contributed by atoms with Gasteiger partial charge < -0.3 is 5.32 Å². The third-order valence-corrected chi connectivity index (χ3v) is 3.74. The van der Waals surface area contributed by atoms with Gasteiger partial charge in [-0.3, -0.25) is 0 Å². The lowest BCUT2D eigenvalue weighted by Gasteiger charge is -2.17. The summed E-state index contributed by atoms with van der Waals surface area (Å²) < 4.78 is 14.0. The Morgan fingerprint density at radius 3 is 2.78 bits per heavy atom. The van der Waals surface area contributed by atoms with Gasteiger partial charge in [0.2, 0.25) is 0 Å². The lowest BCUT2D eigenvalue weighted by Crippen LogP contribution is -2.16. The lowest BCUT2D eigenvalue weighted by atomic mass is 10.00. The third-order valence-electron chi connectivity index (χ3n) is 3.10. The van der Waals surface area contributed by atoms with Crippen molar-refractivity contribution in [3.8, 4) is 0 Å². The Kier molecular flexibility index (Phi) is 7.21. The van der Waals surface area contributed by atoms with Gasteiger partial charge in [0.15, 0.2) is 0 Å². The van der Waals surface area contributed by atoms with Crippen LogP contribution >= 0.6 is 15.9 Å². The highest BCUT2D eigenvalue weighted by Crippen LogP contribution is 2.24. The first-order valence-electron chi connectivity index (χ1n) is 6.42. The number of nitrogens with one attached hydrogen (secondary N) is 1. The molecule has 0 saturated heterocycles. The molecule has 1 nitrogen and oxygen atoms in total. The molecule has 1 N–H and O–H groups in total. The van der Waals surface area contributed by atoms with E-state index in [4.69, 9.17) is 0 Å². The second-order valence-corrected chi connectivity index (χ2v) is 5.30. The van der Waals surface area contributed by atoms with Gasteiger partial charge in [0, 0.05) is 6.04 Å². The van der Waals surface area contributed by atoms with Crippen LogP contribution < -0.4 is 5.32 Å². The van der Waals surface area contributed by atoms with Crippen LogP contribution in [0.2, 0.25) is 0 Å². The molecule has 3 heteroatoms. The summed E-state index contributed by atoms with van der Waals surface area (Å²) in [5, 5.41) is 3.25. The van der Waals surface area contributed by atoms with Crippen molar-refractivity contribution in [1.82, 2.24) is 5.32 Å². The standard InChI is InChI=1S/C15H21BrFN/c1-3-4-5-6-7-8-15(18-2)12-9-10-13(16)14(17)11-12/h3,9-11,15,18H,1,4-8H2,2H3. The van der Waals surface area contributed by atoms with Crippen LogP contribution in [0.3, 0.4) is 0 Å². The molecule has 0 heterocycles. The van der Waals surface area contributed by atoms with Crippen molar-refractivity contribution in [3.63, 3.8) is 0 Å². The first-order chi connectivity index (χ1) is 8.69. The van der Waals surface area contributed by atoms with Crippen LogP contribution in [0.1, 0.15) is 43.7 Å². The van der Waals surface area contributed by atoms with E-state index in [2.05, 4.69) is 27.8 Å². The summed E-state index contributed by atoms with van der Waals surface area (Å²) in [7, 11) is 1.92. The van der Waals surface area contributed by atoms with Gasteiger partial charge in [0.1, 0.15) is 5.82 Å². The normalized spacial score (nSPS) is 12.4. The third kappa shape index (κ3) is 4.91. The van der Waals surface area contributed by atoms with Crippen molar-refractivity contribution in [1.29, 1.82) is 0 Å². The maximum absolute atomic E-state index is 13.5. The van der Waals surface area contributed by atoms with E-state index >= 15 is 0 Å². The molecule has 1 aromatic rings. The molecular weight excluding hydrogens is 293 g/mol. The molecule has 0 radical (unpaired) electrons.